The van der Waals surface area contributed by atoms with Crippen LogP contribution < -0.4 is 5.43 Å². The van der Waals surface area contributed by atoms with Crippen LogP contribution in [0.4, 0.5) is 0 Å². The van der Waals surface area contributed by atoms with Crippen LogP contribution in [0.15, 0.2) is 46.7 Å². The van der Waals surface area contributed by atoms with Gasteiger partial charge >= 0.3 is 5.97 Å². The largest absolute Gasteiger partial charge is 0.461 e. The Labute approximate surface area is 124 Å². The number of hydrogen-bond acceptors (Lipinski definition) is 5. The topological polar surface area (TPSA) is 61.2 Å². The van der Waals surface area contributed by atoms with Gasteiger partial charge < -0.3 is 4.74 Å². The van der Waals surface area contributed by atoms with Gasteiger partial charge in [-0.1, -0.05) is 0 Å². The Kier molecular flexibility index (Phi) is 3.53. The number of aromatic nitrogens is 2. The van der Waals surface area contributed by atoms with Crippen molar-refractivity contribution in [3.05, 3.63) is 57.8 Å². The van der Waals surface area contributed by atoms with E-state index in [1.54, 1.807) is 24.5 Å². The lowest BCUT2D eigenvalue weighted by Crippen LogP contribution is -2.22. The number of rotatable bonds is 3. The van der Waals surface area contributed by atoms with E-state index < -0.39 is 11.4 Å². The second-order valence-corrected chi connectivity index (χ2v) is 5.28. The predicted octanol–water partition coefficient (Wildman–Crippen LogP) is 2.62. The van der Waals surface area contributed by atoms with E-state index in [4.69, 9.17) is 4.74 Å². The Hall–Kier alpha value is -2.47. The van der Waals surface area contributed by atoms with Crippen molar-refractivity contribution in [2.75, 3.05) is 6.61 Å². The van der Waals surface area contributed by atoms with Crippen LogP contribution in [-0.2, 0) is 4.74 Å². The van der Waals surface area contributed by atoms with Crippen molar-refractivity contribution in [1.82, 2.24) is 9.78 Å². The van der Waals surface area contributed by atoms with Crippen LogP contribution in [0.5, 0.6) is 0 Å². The molecule has 0 atom stereocenters. The maximum absolute atomic E-state index is 11.7. The summed E-state index contributed by atoms with van der Waals surface area (Å²) >= 11 is 1.65. The zero-order valence-electron chi connectivity index (χ0n) is 11.3. The molecule has 2 aromatic heterocycles. The standard InChI is InChI=1S/C15H12N2O3S/c1-2-20-15(19)14-12(18)5-7-17(16-14)11-3-4-13-10(9-11)6-8-21-13/h3-9H,2H2,1H3. The molecule has 0 unspecified atom stereocenters. The van der Waals surface area contributed by atoms with E-state index in [1.165, 1.54) is 15.4 Å². The number of benzene rings is 1. The van der Waals surface area contributed by atoms with Gasteiger partial charge in [-0.15, -0.1) is 11.3 Å². The fraction of sp³-hybridized carbons (Fsp3) is 0.133. The van der Waals surface area contributed by atoms with Gasteiger partial charge in [0, 0.05) is 17.0 Å². The fourth-order valence-electron chi connectivity index (χ4n) is 1.99. The summed E-state index contributed by atoms with van der Waals surface area (Å²) < 4.78 is 7.52. The zero-order chi connectivity index (χ0) is 14.8. The van der Waals surface area contributed by atoms with E-state index in [2.05, 4.69) is 5.10 Å². The lowest BCUT2D eigenvalue weighted by Gasteiger charge is -2.07. The van der Waals surface area contributed by atoms with Crippen LogP contribution in [-0.4, -0.2) is 22.4 Å². The summed E-state index contributed by atoms with van der Waals surface area (Å²) in [4.78, 5) is 23.4. The fourth-order valence-corrected chi connectivity index (χ4v) is 2.76. The van der Waals surface area contributed by atoms with Crippen molar-refractivity contribution in [2.24, 2.45) is 0 Å². The number of hydrogen-bond donors (Lipinski definition) is 0. The van der Waals surface area contributed by atoms with Crippen molar-refractivity contribution in [3.63, 3.8) is 0 Å². The zero-order valence-corrected chi connectivity index (χ0v) is 12.1. The number of fused-ring (bicyclic) bond motifs is 1. The van der Waals surface area contributed by atoms with Crippen LogP contribution in [0.2, 0.25) is 0 Å². The molecule has 5 nitrogen and oxygen atoms in total. The highest BCUT2D eigenvalue weighted by Gasteiger charge is 2.14. The molecule has 0 N–H and O–H groups in total. The van der Waals surface area contributed by atoms with Crippen LogP contribution in [0.25, 0.3) is 15.8 Å². The van der Waals surface area contributed by atoms with Crippen LogP contribution in [0, 0.1) is 0 Å². The number of thiophene rings is 1. The normalized spacial score (nSPS) is 10.7. The first-order valence-corrected chi connectivity index (χ1v) is 7.32. The molecule has 3 aromatic rings. The van der Waals surface area contributed by atoms with Crippen molar-refractivity contribution < 1.29 is 9.53 Å². The lowest BCUT2D eigenvalue weighted by molar-refractivity contribution is 0.0515. The molecule has 21 heavy (non-hydrogen) atoms. The Balaban J connectivity index is 2.07. The first-order chi connectivity index (χ1) is 10.2. The first kappa shape index (κ1) is 13.5. The number of nitrogens with zero attached hydrogens (tertiary/aromatic N) is 2. The maximum atomic E-state index is 11.7. The highest BCUT2D eigenvalue weighted by Crippen LogP contribution is 2.22. The Morgan fingerprint density at radius 3 is 3.00 bits per heavy atom. The lowest BCUT2D eigenvalue weighted by atomic mass is 10.2. The molecule has 0 bridgehead atoms. The second kappa shape index (κ2) is 5.49. The molecule has 106 valence electrons. The summed E-state index contributed by atoms with van der Waals surface area (Å²) in [6.07, 6.45) is 1.54. The predicted molar refractivity (Wildman–Crippen MR) is 81.2 cm³/mol. The van der Waals surface area contributed by atoms with E-state index in [-0.39, 0.29) is 12.3 Å². The molecule has 0 aliphatic carbocycles. The quantitative estimate of drug-likeness (QED) is 0.698. The Bertz CT molecular complexity index is 866. The minimum atomic E-state index is -0.700. The van der Waals surface area contributed by atoms with Gasteiger partial charge in [-0.2, -0.15) is 5.10 Å². The van der Waals surface area contributed by atoms with Crippen molar-refractivity contribution >= 4 is 27.4 Å². The van der Waals surface area contributed by atoms with Gasteiger partial charge in [0.15, 0.2) is 0 Å². The summed E-state index contributed by atoms with van der Waals surface area (Å²) in [6, 6.07) is 9.16. The summed E-state index contributed by atoms with van der Waals surface area (Å²) in [7, 11) is 0. The molecule has 0 saturated heterocycles. The molecule has 0 radical (unpaired) electrons. The van der Waals surface area contributed by atoms with Crippen LogP contribution in [0.1, 0.15) is 17.4 Å². The van der Waals surface area contributed by atoms with Gasteiger partial charge in [0.05, 0.1) is 12.3 Å². The van der Waals surface area contributed by atoms with Gasteiger partial charge in [-0.3, -0.25) is 4.79 Å². The van der Waals surface area contributed by atoms with Gasteiger partial charge in [0.25, 0.3) is 0 Å². The molecular formula is C15H12N2O3S. The molecule has 6 heteroatoms. The van der Waals surface area contributed by atoms with Crippen molar-refractivity contribution in [3.8, 4) is 5.69 Å². The molecule has 0 saturated carbocycles. The molecule has 3 rings (SSSR count). The van der Waals surface area contributed by atoms with Gasteiger partial charge in [0.2, 0.25) is 11.1 Å². The first-order valence-electron chi connectivity index (χ1n) is 6.44. The minimum Gasteiger partial charge on any atom is -0.461 e. The molecular weight excluding hydrogens is 288 g/mol. The average molecular weight is 300 g/mol. The molecule has 0 aliphatic heterocycles. The van der Waals surface area contributed by atoms with Crippen LogP contribution >= 0.6 is 11.3 Å². The summed E-state index contributed by atoms with van der Waals surface area (Å²) in [5, 5.41) is 7.19. The van der Waals surface area contributed by atoms with E-state index in [1.807, 2.05) is 29.6 Å². The summed E-state index contributed by atoms with van der Waals surface area (Å²) in [5.41, 5.74) is 0.137. The number of esters is 1. The van der Waals surface area contributed by atoms with Gasteiger partial charge in [-0.05, 0) is 42.0 Å². The summed E-state index contributed by atoms with van der Waals surface area (Å²) in [5.74, 6) is -0.700. The number of carbonyl (C=O) groups excluding carboxylic acids is 1. The maximum Gasteiger partial charge on any atom is 0.362 e. The molecule has 2 heterocycles. The SMILES string of the molecule is CCOC(=O)c1nn(-c2ccc3sccc3c2)ccc1=O. The number of carbonyl (C=O) groups is 1. The van der Waals surface area contributed by atoms with Crippen molar-refractivity contribution in [2.45, 2.75) is 6.92 Å². The third-order valence-electron chi connectivity index (χ3n) is 2.98. The molecule has 1 aromatic carbocycles. The van der Waals surface area contributed by atoms with Gasteiger partial charge in [0.1, 0.15) is 0 Å². The summed E-state index contributed by atoms with van der Waals surface area (Å²) in [6.45, 7) is 1.89. The van der Waals surface area contributed by atoms with E-state index in [0.29, 0.717) is 0 Å². The Morgan fingerprint density at radius 1 is 1.33 bits per heavy atom. The third-order valence-corrected chi connectivity index (χ3v) is 3.88. The minimum absolute atomic E-state index is 0.204. The number of ether oxygens (including phenoxy) is 1. The van der Waals surface area contributed by atoms with E-state index in [9.17, 15) is 9.59 Å². The average Bonchev–Trinajstić information content (AvgIpc) is 2.95. The highest BCUT2D eigenvalue weighted by atomic mass is 32.1. The molecule has 0 spiro atoms. The molecule has 0 amide bonds. The second-order valence-electron chi connectivity index (χ2n) is 4.34. The third kappa shape index (κ3) is 2.57. The van der Waals surface area contributed by atoms with E-state index in [0.717, 1.165) is 11.1 Å². The smallest absolute Gasteiger partial charge is 0.362 e. The Morgan fingerprint density at radius 2 is 2.19 bits per heavy atom. The molecule has 0 fully saturated rings. The monoisotopic (exact) mass is 300 g/mol. The van der Waals surface area contributed by atoms with E-state index >= 15 is 0 Å². The van der Waals surface area contributed by atoms with Gasteiger partial charge in [-0.25, -0.2) is 9.48 Å². The van der Waals surface area contributed by atoms with Crippen molar-refractivity contribution in [1.29, 1.82) is 0 Å². The van der Waals surface area contributed by atoms with Crippen LogP contribution in [0.3, 0.4) is 0 Å². The molecule has 0 aliphatic rings. The highest BCUT2D eigenvalue weighted by molar-refractivity contribution is 7.17.